The number of nitrogens with zero attached hydrogens (tertiary/aromatic N) is 2. The second-order valence-corrected chi connectivity index (χ2v) is 5.64. The first-order valence-corrected chi connectivity index (χ1v) is 7.45. The molecule has 2 heterocycles. The van der Waals surface area contributed by atoms with E-state index >= 15 is 0 Å². The van der Waals surface area contributed by atoms with Crippen LogP contribution in [-0.4, -0.2) is 48.5 Å². The van der Waals surface area contributed by atoms with Gasteiger partial charge >= 0.3 is 0 Å². The lowest BCUT2D eigenvalue weighted by atomic mass is 10.0. The molecule has 1 aliphatic rings. The van der Waals surface area contributed by atoms with Crippen molar-refractivity contribution >= 4 is 5.78 Å². The summed E-state index contributed by atoms with van der Waals surface area (Å²) in [5, 5.41) is 0. The van der Waals surface area contributed by atoms with Crippen LogP contribution in [0.15, 0.2) is 18.5 Å². The lowest BCUT2D eigenvalue weighted by Crippen LogP contribution is -2.36. The Morgan fingerprint density at radius 3 is 2.80 bits per heavy atom. The van der Waals surface area contributed by atoms with E-state index in [-0.39, 0.29) is 5.78 Å². The van der Waals surface area contributed by atoms with Crippen LogP contribution in [0.1, 0.15) is 48.5 Å². The van der Waals surface area contributed by atoms with Crippen molar-refractivity contribution in [3.63, 3.8) is 0 Å². The minimum Gasteiger partial charge on any atom is -0.379 e. The van der Waals surface area contributed by atoms with E-state index in [1.807, 2.05) is 12.3 Å². The predicted octanol–water partition coefficient (Wildman–Crippen LogP) is 2.50. The SMILES string of the molecule is CC(C)c1cncc(C(=O)CCCN2CCOCC2)c1. The Bertz CT molecular complexity index is 440. The van der Waals surface area contributed by atoms with E-state index < -0.39 is 0 Å². The Kier molecular flexibility index (Phi) is 5.68. The number of rotatable bonds is 6. The van der Waals surface area contributed by atoms with Crippen molar-refractivity contribution in [3.05, 3.63) is 29.6 Å². The summed E-state index contributed by atoms with van der Waals surface area (Å²) in [6, 6.07) is 1.98. The van der Waals surface area contributed by atoms with Crippen molar-refractivity contribution in [3.8, 4) is 0 Å². The first-order valence-electron chi connectivity index (χ1n) is 7.45. The first-order chi connectivity index (χ1) is 9.66. The zero-order valence-electron chi connectivity index (χ0n) is 12.5. The van der Waals surface area contributed by atoms with E-state index in [2.05, 4.69) is 23.7 Å². The van der Waals surface area contributed by atoms with Crippen molar-refractivity contribution < 1.29 is 9.53 Å². The van der Waals surface area contributed by atoms with Crippen LogP contribution in [0.4, 0.5) is 0 Å². The third-order valence-corrected chi connectivity index (χ3v) is 3.73. The second kappa shape index (κ2) is 7.50. The number of ether oxygens (including phenoxy) is 1. The fraction of sp³-hybridized carbons (Fsp3) is 0.625. The van der Waals surface area contributed by atoms with Gasteiger partial charge in [0.1, 0.15) is 0 Å². The molecule has 0 spiro atoms. The van der Waals surface area contributed by atoms with Crippen LogP contribution in [0, 0.1) is 0 Å². The van der Waals surface area contributed by atoms with E-state index in [0.717, 1.165) is 50.4 Å². The van der Waals surface area contributed by atoms with Crippen LogP contribution in [0.2, 0.25) is 0 Å². The Hall–Kier alpha value is -1.26. The van der Waals surface area contributed by atoms with Crippen LogP contribution < -0.4 is 0 Å². The van der Waals surface area contributed by atoms with Gasteiger partial charge < -0.3 is 4.74 Å². The number of pyridine rings is 1. The monoisotopic (exact) mass is 276 g/mol. The molecule has 1 aliphatic heterocycles. The van der Waals surface area contributed by atoms with Gasteiger partial charge in [0.15, 0.2) is 5.78 Å². The van der Waals surface area contributed by atoms with Crippen molar-refractivity contribution in [2.24, 2.45) is 0 Å². The molecule has 20 heavy (non-hydrogen) atoms. The van der Waals surface area contributed by atoms with Gasteiger partial charge in [0.25, 0.3) is 0 Å². The second-order valence-electron chi connectivity index (χ2n) is 5.64. The molecule has 110 valence electrons. The third-order valence-electron chi connectivity index (χ3n) is 3.73. The van der Waals surface area contributed by atoms with E-state index in [4.69, 9.17) is 4.74 Å². The van der Waals surface area contributed by atoms with E-state index in [0.29, 0.717) is 12.3 Å². The molecule has 1 aromatic rings. The molecular weight excluding hydrogens is 252 g/mol. The number of carbonyl (C=O) groups is 1. The normalized spacial score (nSPS) is 16.6. The molecule has 0 aliphatic carbocycles. The number of hydrogen-bond acceptors (Lipinski definition) is 4. The quantitative estimate of drug-likeness (QED) is 0.749. The Balaban J connectivity index is 1.80. The van der Waals surface area contributed by atoms with Gasteiger partial charge in [-0.2, -0.15) is 0 Å². The zero-order chi connectivity index (χ0) is 14.4. The average Bonchev–Trinajstić information content (AvgIpc) is 2.48. The molecule has 0 aromatic carbocycles. The van der Waals surface area contributed by atoms with Crippen LogP contribution in [0.3, 0.4) is 0 Å². The summed E-state index contributed by atoms with van der Waals surface area (Å²) in [5.41, 5.74) is 1.88. The number of hydrogen-bond donors (Lipinski definition) is 0. The topological polar surface area (TPSA) is 42.4 Å². The summed E-state index contributed by atoms with van der Waals surface area (Å²) in [5.74, 6) is 0.608. The average molecular weight is 276 g/mol. The molecule has 0 unspecified atom stereocenters. The molecule has 0 amide bonds. The summed E-state index contributed by atoms with van der Waals surface area (Å²) in [7, 11) is 0. The number of ketones is 1. The van der Waals surface area contributed by atoms with Crippen molar-refractivity contribution in [1.82, 2.24) is 9.88 Å². The van der Waals surface area contributed by atoms with Crippen LogP contribution >= 0.6 is 0 Å². The van der Waals surface area contributed by atoms with Crippen LogP contribution in [0.25, 0.3) is 0 Å². The molecule has 0 saturated carbocycles. The summed E-state index contributed by atoms with van der Waals surface area (Å²) >= 11 is 0. The number of carbonyl (C=O) groups excluding carboxylic acids is 1. The van der Waals surface area contributed by atoms with Crippen molar-refractivity contribution in [2.75, 3.05) is 32.8 Å². The van der Waals surface area contributed by atoms with Gasteiger partial charge in [0.2, 0.25) is 0 Å². The minimum atomic E-state index is 0.202. The Morgan fingerprint density at radius 1 is 1.35 bits per heavy atom. The summed E-state index contributed by atoms with van der Waals surface area (Å²) < 4.78 is 5.32. The fourth-order valence-electron chi connectivity index (χ4n) is 2.36. The predicted molar refractivity (Wildman–Crippen MR) is 79.1 cm³/mol. The van der Waals surface area contributed by atoms with Gasteiger partial charge in [-0.25, -0.2) is 0 Å². The number of Topliss-reactive ketones (excluding diaryl/α,β-unsaturated/α-hetero) is 1. The van der Waals surface area contributed by atoms with E-state index in [9.17, 15) is 4.79 Å². The molecule has 0 N–H and O–H groups in total. The molecule has 1 aromatic heterocycles. The summed E-state index contributed by atoms with van der Waals surface area (Å²) in [6.45, 7) is 8.81. The van der Waals surface area contributed by atoms with Gasteiger partial charge in [0.05, 0.1) is 13.2 Å². The Morgan fingerprint density at radius 2 is 2.10 bits per heavy atom. The molecule has 1 saturated heterocycles. The standard InChI is InChI=1S/C16H24N2O2/c1-13(2)14-10-15(12-17-11-14)16(19)4-3-5-18-6-8-20-9-7-18/h10-13H,3-9H2,1-2H3. The Labute approximate surface area is 121 Å². The largest absolute Gasteiger partial charge is 0.379 e. The first kappa shape index (κ1) is 15.1. The maximum Gasteiger partial charge on any atom is 0.164 e. The number of morpholine rings is 1. The van der Waals surface area contributed by atoms with Crippen LogP contribution in [-0.2, 0) is 4.74 Å². The maximum atomic E-state index is 12.2. The van der Waals surface area contributed by atoms with E-state index in [1.165, 1.54) is 0 Å². The number of aromatic nitrogens is 1. The molecule has 0 atom stereocenters. The molecule has 4 nitrogen and oxygen atoms in total. The molecular formula is C16H24N2O2. The van der Waals surface area contributed by atoms with Crippen molar-refractivity contribution in [2.45, 2.75) is 32.6 Å². The molecule has 2 rings (SSSR count). The van der Waals surface area contributed by atoms with Gasteiger partial charge in [-0.05, 0) is 30.5 Å². The minimum absolute atomic E-state index is 0.202. The van der Waals surface area contributed by atoms with Gasteiger partial charge in [-0.15, -0.1) is 0 Å². The van der Waals surface area contributed by atoms with Gasteiger partial charge in [-0.1, -0.05) is 13.8 Å². The highest BCUT2D eigenvalue weighted by atomic mass is 16.5. The fourth-order valence-corrected chi connectivity index (χ4v) is 2.36. The highest BCUT2D eigenvalue weighted by Crippen LogP contribution is 2.15. The van der Waals surface area contributed by atoms with Crippen LogP contribution in [0.5, 0.6) is 0 Å². The maximum absolute atomic E-state index is 12.2. The van der Waals surface area contributed by atoms with Gasteiger partial charge in [-0.3, -0.25) is 14.7 Å². The highest BCUT2D eigenvalue weighted by molar-refractivity contribution is 5.95. The van der Waals surface area contributed by atoms with E-state index in [1.54, 1.807) is 6.20 Å². The zero-order valence-corrected chi connectivity index (χ0v) is 12.5. The smallest absolute Gasteiger partial charge is 0.164 e. The molecule has 0 bridgehead atoms. The van der Waals surface area contributed by atoms with Gasteiger partial charge in [0, 0.05) is 37.5 Å². The highest BCUT2D eigenvalue weighted by Gasteiger charge is 2.12. The molecule has 0 radical (unpaired) electrons. The third kappa shape index (κ3) is 4.39. The molecule has 4 heteroatoms. The summed E-state index contributed by atoms with van der Waals surface area (Å²) in [6.07, 6.45) is 5.03. The molecule has 1 fully saturated rings. The lowest BCUT2D eigenvalue weighted by molar-refractivity contribution is 0.0371. The summed E-state index contributed by atoms with van der Waals surface area (Å²) in [4.78, 5) is 18.7. The lowest BCUT2D eigenvalue weighted by Gasteiger charge is -2.26. The van der Waals surface area contributed by atoms with Crippen molar-refractivity contribution in [1.29, 1.82) is 0 Å².